The molecule has 0 unspecified atom stereocenters. The van der Waals surface area contributed by atoms with E-state index < -0.39 is 11.6 Å². The maximum atomic E-state index is 13.3. The van der Waals surface area contributed by atoms with Gasteiger partial charge in [0.1, 0.15) is 17.5 Å². The number of nitrogens with zero attached hydrogens (tertiary/aromatic N) is 2. The molecule has 0 N–H and O–H groups in total. The molecule has 3 rings (SSSR count). The molecule has 5 heteroatoms. The van der Waals surface area contributed by atoms with Gasteiger partial charge in [-0.05, 0) is 30.7 Å². The fourth-order valence-electron chi connectivity index (χ4n) is 2.07. The van der Waals surface area contributed by atoms with Crippen LogP contribution in [0.3, 0.4) is 0 Å². The van der Waals surface area contributed by atoms with Gasteiger partial charge in [0.25, 0.3) is 0 Å². The molecule has 0 aliphatic rings. The highest BCUT2D eigenvalue weighted by Gasteiger charge is 2.11. The molecule has 0 aliphatic carbocycles. The third-order valence-corrected chi connectivity index (χ3v) is 3.89. The number of fused-ring (bicyclic) bond motifs is 1. The highest BCUT2D eigenvalue weighted by atomic mass is 79.9. The molecular weight excluding hydrogens is 314 g/mol. The maximum absolute atomic E-state index is 13.3. The Hall–Kier alpha value is -1.75. The minimum Gasteiger partial charge on any atom is -0.299 e. The van der Waals surface area contributed by atoms with Crippen molar-refractivity contribution >= 4 is 21.4 Å². The largest absolute Gasteiger partial charge is 0.299 e. The van der Waals surface area contributed by atoms with Gasteiger partial charge in [-0.15, -0.1) is 0 Å². The third kappa shape index (κ3) is 2.04. The molecule has 0 amide bonds. The summed E-state index contributed by atoms with van der Waals surface area (Å²) >= 11 is 3.44. The smallest absolute Gasteiger partial charge is 0.144 e. The van der Waals surface area contributed by atoms with E-state index in [0.29, 0.717) is 11.4 Å². The van der Waals surface area contributed by atoms with E-state index in [-0.39, 0.29) is 0 Å². The predicted molar refractivity (Wildman–Crippen MR) is 73.0 cm³/mol. The van der Waals surface area contributed by atoms with Gasteiger partial charge in [-0.2, -0.15) is 0 Å². The van der Waals surface area contributed by atoms with E-state index in [2.05, 4.69) is 20.9 Å². The van der Waals surface area contributed by atoms with Gasteiger partial charge in [0, 0.05) is 22.3 Å². The lowest BCUT2D eigenvalue weighted by Gasteiger charge is -2.05. The van der Waals surface area contributed by atoms with Crippen molar-refractivity contribution in [3.8, 4) is 11.4 Å². The van der Waals surface area contributed by atoms with Crippen molar-refractivity contribution in [2.24, 2.45) is 0 Å². The van der Waals surface area contributed by atoms with Crippen LogP contribution in [0.15, 0.2) is 41.1 Å². The maximum Gasteiger partial charge on any atom is 0.144 e. The Kier molecular flexibility index (Phi) is 2.86. The van der Waals surface area contributed by atoms with Gasteiger partial charge in [-0.25, -0.2) is 13.8 Å². The van der Waals surface area contributed by atoms with Crippen molar-refractivity contribution in [3.05, 3.63) is 58.3 Å². The fourth-order valence-corrected chi connectivity index (χ4v) is 2.39. The molecule has 0 radical (unpaired) electrons. The molecule has 19 heavy (non-hydrogen) atoms. The fraction of sp³-hybridized carbons (Fsp3) is 0.0714. The van der Waals surface area contributed by atoms with Crippen molar-refractivity contribution in [2.45, 2.75) is 6.92 Å². The topological polar surface area (TPSA) is 17.3 Å². The number of aromatic nitrogens is 2. The van der Waals surface area contributed by atoms with E-state index >= 15 is 0 Å². The van der Waals surface area contributed by atoms with Crippen LogP contribution in [0.2, 0.25) is 0 Å². The molecule has 2 heterocycles. The quantitative estimate of drug-likeness (QED) is 0.651. The van der Waals surface area contributed by atoms with Crippen molar-refractivity contribution in [1.29, 1.82) is 0 Å². The lowest BCUT2D eigenvalue weighted by Crippen LogP contribution is -1.93. The number of rotatable bonds is 1. The minimum absolute atomic E-state index is 0.416. The zero-order valence-electron chi connectivity index (χ0n) is 9.99. The molecule has 0 bridgehead atoms. The van der Waals surface area contributed by atoms with E-state index in [1.165, 1.54) is 12.1 Å². The lowest BCUT2D eigenvalue weighted by atomic mass is 10.2. The second-order valence-electron chi connectivity index (χ2n) is 4.28. The Morgan fingerprint density at radius 1 is 1.16 bits per heavy atom. The Labute approximate surface area is 116 Å². The molecule has 0 saturated heterocycles. The number of pyridine rings is 1. The van der Waals surface area contributed by atoms with Gasteiger partial charge in [0.05, 0.1) is 11.7 Å². The van der Waals surface area contributed by atoms with Crippen molar-refractivity contribution in [2.75, 3.05) is 0 Å². The van der Waals surface area contributed by atoms with Crippen LogP contribution in [0.5, 0.6) is 0 Å². The lowest BCUT2D eigenvalue weighted by molar-refractivity contribution is 0.584. The highest BCUT2D eigenvalue weighted by Crippen LogP contribution is 2.26. The molecule has 0 atom stereocenters. The zero-order valence-corrected chi connectivity index (χ0v) is 11.6. The van der Waals surface area contributed by atoms with E-state index in [1.807, 2.05) is 23.6 Å². The van der Waals surface area contributed by atoms with Gasteiger partial charge in [0.15, 0.2) is 0 Å². The number of hydrogen-bond donors (Lipinski definition) is 0. The molecule has 0 aliphatic heterocycles. The van der Waals surface area contributed by atoms with Crippen molar-refractivity contribution < 1.29 is 8.78 Å². The number of hydrogen-bond acceptors (Lipinski definition) is 1. The van der Waals surface area contributed by atoms with Crippen LogP contribution >= 0.6 is 15.9 Å². The molecule has 2 nitrogen and oxygen atoms in total. The summed E-state index contributed by atoms with van der Waals surface area (Å²) in [5.41, 5.74) is 2.34. The van der Waals surface area contributed by atoms with E-state index in [9.17, 15) is 8.78 Å². The summed E-state index contributed by atoms with van der Waals surface area (Å²) in [4.78, 5) is 4.26. The summed E-state index contributed by atoms with van der Waals surface area (Å²) in [6, 6.07) is 5.27. The number of benzene rings is 1. The Morgan fingerprint density at radius 2 is 1.84 bits per heavy atom. The first-order valence-electron chi connectivity index (χ1n) is 5.65. The normalized spacial score (nSPS) is 11.2. The standard InChI is InChI=1S/C14H9BrF2N2/c1-8-12(15)2-3-19-13(8)7-18-14(19)9-4-10(16)6-11(17)5-9/h2-7H,1H3. The number of aryl methyl sites for hydroxylation is 1. The van der Waals surface area contributed by atoms with Gasteiger partial charge >= 0.3 is 0 Å². The molecule has 0 fully saturated rings. The predicted octanol–water partition coefficient (Wildman–Crippen LogP) is 4.35. The number of halogens is 3. The van der Waals surface area contributed by atoms with Crippen LogP contribution < -0.4 is 0 Å². The van der Waals surface area contributed by atoms with Gasteiger partial charge in [0.2, 0.25) is 0 Å². The van der Waals surface area contributed by atoms with Crippen LogP contribution in [0.1, 0.15) is 5.56 Å². The summed E-state index contributed by atoms with van der Waals surface area (Å²) in [5.74, 6) is -0.704. The second kappa shape index (κ2) is 4.42. The molecular formula is C14H9BrF2N2. The van der Waals surface area contributed by atoms with Crippen LogP contribution in [-0.4, -0.2) is 9.38 Å². The SMILES string of the molecule is Cc1c(Br)ccn2c(-c3cc(F)cc(F)c3)ncc12. The molecule has 1 aromatic carbocycles. The zero-order chi connectivity index (χ0) is 13.6. The Balaban J connectivity index is 2.29. The Bertz CT molecular complexity index is 760. The number of imidazole rings is 1. The molecule has 2 aromatic heterocycles. The third-order valence-electron chi connectivity index (χ3n) is 3.03. The summed E-state index contributed by atoms with van der Waals surface area (Å²) in [7, 11) is 0. The average molecular weight is 323 g/mol. The first kappa shape index (κ1) is 12.3. The summed E-state index contributed by atoms with van der Waals surface area (Å²) in [6.45, 7) is 1.96. The van der Waals surface area contributed by atoms with Crippen LogP contribution in [0.25, 0.3) is 16.9 Å². The molecule has 3 aromatic rings. The van der Waals surface area contributed by atoms with Crippen LogP contribution in [-0.2, 0) is 0 Å². The first-order valence-corrected chi connectivity index (χ1v) is 6.44. The highest BCUT2D eigenvalue weighted by molar-refractivity contribution is 9.10. The average Bonchev–Trinajstić information content (AvgIpc) is 2.77. The minimum atomic E-state index is -0.611. The summed E-state index contributed by atoms with van der Waals surface area (Å²) < 4.78 is 29.3. The summed E-state index contributed by atoms with van der Waals surface area (Å²) in [6.07, 6.45) is 3.51. The molecule has 96 valence electrons. The van der Waals surface area contributed by atoms with Crippen LogP contribution in [0, 0.1) is 18.6 Å². The Morgan fingerprint density at radius 3 is 2.53 bits per heavy atom. The van der Waals surface area contributed by atoms with Gasteiger partial charge < -0.3 is 0 Å². The second-order valence-corrected chi connectivity index (χ2v) is 5.14. The molecule has 0 spiro atoms. The first-order chi connectivity index (χ1) is 9.06. The van der Waals surface area contributed by atoms with Crippen molar-refractivity contribution in [1.82, 2.24) is 9.38 Å². The van der Waals surface area contributed by atoms with Crippen LogP contribution in [0.4, 0.5) is 8.78 Å². The van der Waals surface area contributed by atoms with Gasteiger partial charge in [-0.3, -0.25) is 4.40 Å². The van der Waals surface area contributed by atoms with Gasteiger partial charge in [-0.1, -0.05) is 15.9 Å². The molecule has 0 saturated carbocycles. The van der Waals surface area contributed by atoms with Crippen molar-refractivity contribution in [3.63, 3.8) is 0 Å². The van der Waals surface area contributed by atoms with E-state index in [1.54, 1.807) is 6.20 Å². The van der Waals surface area contributed by atoms with E-state index in [0.717, 1.165) is 21.6 Å². The summed E-state index contributed by atoms with van der Waals surface area (Å²) in [5, 5.41) is 0. The van der Waals surface area contributed by atoms with E-state index in [4.69, 9.17) is 0 Å². The monoisotopic (exact) mass is 322 g/mol.